The summed E-state index contributed by atoms with van der Waals surface area (Å²) in [6.07, 6.45) is 14.3. The summed E-state index contributed by atoms with van der Waals surface area (Å²) in [7, 11) is 1.49. The van der Waals surface area contributed by atoms with Gasteiger partial charge in [0, 0.05) is 6.42 Å². The molecule has 0 heterocycles. The van der Waals surface area contributed by atoms with E-state index in [1.165, 1.54) is 58.5 Å². The Bertz CT molecular complexity index is 560. The molecule has 0 radical (unpaired) electrons. The van der Waals surface area contributed by atoms with Gasteiger partial charge in [0.05, 0.1) is 13.2 Å². The molecule has 0 aromatic carbocycles. The first-order valence-corrected chi connectivity index (χ1v) is 11.6. The molecule has 8 atom stereocenters. The lowest BCUT2D eigenvalue weighted by molar-refractivity contribution is -0.162. The molecule has 5 unspecified atom stereocenters. The second-order valence-electron chi connectivity index (χ2n) is 10.8. The van der Waals surface area contributed by atoms with Gasteiger partial charge in [-0.3, -0.25) is 4.79 Å². The van der Waals surface area contributed by atoms with Gasteiger partial charge in [-0.05, 0) is 98.2 Å². The standard InChI is InChI=1S/C24H40O3/c1-23-13-5-4-7-17(23)15-20(25)22-18-11-10-16(8-6-9-21(26)27-3)24(18,2)14-12-19(22)23/h16-20,22,25H,4-15H2,1-3H3/t16?,17?,18?,19?,20-,22?,23+,24-/m1/s1. The van der Waals surface area contributed by atoms with E-state index in [0.717, 1.165) is 37.0 Å². The molecule has 4 aliphatic carbocycles. The molecule has 4 fully saturated rings. The normalized spacial score (nSPS) is 49.0. The lowest BCUT2D eigenvalue weighted by Gasteiger charge is -2.62. The van der Waals surface area contributed by atoms with Crippen molar-refractivity contribution < 1.29 is 14.6 Å². The second-order valence-corrected chi connectivity index (χ2v) is 10.8. The van der Waals surface area contributed by atoms with Crippen LogP contribution in [0.2, 0.25) is 0 Å². The van der Waals surface area contributed by atoms with E-state index >= 15 is 0 Å². The van der Waals surface area contributed by atoms with Gasteiger partial charge in [0.25, 0.3) is 0 Å². The van der Waals surface area contributed by atoms with Crippen LogP contribution in [0.5, 0.6) is 0 Å². The number of esters is 1. The molecule has 0 amide bonds. The predicted octanol–water partition coefficient (Wildman–Crippen LogP) is 5.35. The number of aliphatic hydroxyl groups is 1. The van der Waals surface area contributed by atoms with Gasteiger partial charge in [-0.25, -0.2) is 0 Å². The van der Waals surface area contributed by atoms with Crippen LogP contribution in [0.4, 0.5) is 0 Å². The van der Waals surface area contributed by atoms with Crippen LogP contribution in [0.3, 0.4) is 0 Å². The van der Waals surface area contributed by atoms with Crippen molar-refractivity contribution >= 4 is 5.97 Å². The Morgan fingerprint density at radius 2 is 1.81 bits per heavy atom. The van der Waals surface area contributed by atoms with Crippen LogP contribution < -0.4 is 0 Å². The van der Waals surface area contributed by atoms with Gasteiger partial charge in [0.15, 0.2) is 0 Å². The van der Waals surface area contributed by atoms with E-state index in [2.05, 4.69) is 13.8 Å². The second kappa shape index (κ2) is 7.35. The molecule has 3 nitrogen and oxygen atoms in total. The lowest BCUT2D eigenvalue weighted by atomic mass is 9.44. The molecule has 154 valence electrons. The zero-order valence-corrected chi connectivity index (χ0v) is 17.7. The molecular weight excluding hydrogens is 336 g/mol. The Hall–Kier alpha value is -0.570. The SMILES string of the molecule is COC(=O)CCCC1CCC2C3C(CC[C@]12C)[C@@]1(C)CCCCC1C[C@H]3O. The molecule has 1 N–H and O–H groups in total. The number of fused-ring (bicyclic) bond motifs is 5. The Balaban J connectivity index is 1.49. The van der Waals surface area contributed by atoms with Crippen molar-refractivity contribution in [1.29, 1.82) is 0 Å². The average molecular weight is 377 g/mol. The van der Waals surface area contributed by atoms with E-state index < -0.39 is 0 Å². The van der Waals surface area contributed by atoms with E-state index in [9.17, 15) is 9.90 Å². The largest absolute Gasteiger partial charge is 0.469 e. The molecule has 0 aromatic rings. The maximum atomic E-state index is 11.5. The van der Waals surface area contributed by atoms with Crippen molar-refractivity contribution in [2.45, 2.75) is 97.0 Å². The number of ether oxygens (including phenoxy) is 1. The van der Waals surface area contributed by atoms with Crippen LogP contribution >= 0.6 is 0 Å². The highest BCUT2D eigenvalue weighted by Crippen LogP contribution is 2.67. The third-order valence-corrected chi connectivity index (χ3v) is 9.96. The highest BCUT2D eigenvalue weighted by atomic mass is 16.5. The van der Waals surface area contributed by atoms with Crippen molar-refractivity contribution in [2.75, 3.05) is 7.11 Å². The molecular formula is C24H40O3. The molecule has 27 heavy (non-hydrogen) atoms. The van der Waals surface area contributed by atoms with E-state index in [1.807, 2.05) is 0 Å². The van der Waals surface area contributed by atoms with E-state index in [4.69, 9.17) is 4.74 Å². The molecule has 4 rings (SSSR count). The molecule has 3 heteroatoms. The van der Waals surface area contributed by atoms with Gasteiger partial charge < -0.3 is 9.84 Å². The van der Waals surface area contributed by atoms with Crippen LogP contribution in [-0.2, 0) is 9.53 Å². The average Bonchev–Trinajstić information content (AvgIpc) is 2.98. The van der Waals surface area contributed by atoms with Crippen LogP contribution in [0.1, 0.15) is 90.9 Å². The van der Waals surface area contributed by atoms with Crippen molar-refractivity contribution in [3.8, 4) is 0 Å². The molecule has 0 spiro atoms. The number of aliphatic hydroxyl groups excluding tert-OH is 1. The van der Waals surface area contributed by atoms with Gasteiger partial charge in [-0.1, -0.05) is 26.7 Å². The monoisotopic (exact) mass is 376 g/mol. The minimum absolute atomic E-state index is 0.0719. The lowest BCUT2D eigenvalue weighted by Crippen LogP contribution is -2.57. The maximum absolute atomic E-state index is 11.5. The van der Waals surface area contributed by atoms with Crippen molar-refractivity contribution in [2.24, 2.45) is 40.4 Å². The fraction of sp³-hybridized carbons (Fsp3) is 0.958. The molecule has 0 bridgehead atoms. The third-order valence-electron chi connectivity index (χ3n) is 9.96. The molecule has 0 aromatic heterocycles. The quantitative estimate of drug-likeness (QED) is 0.673. The van der Waals surface area contributed by atoms with Gasteiger partial charge >= 0.3 is 5.97 Å². The molecule has 0 saturated heterocycles. The van der Waals surface area contributed by atoms with Crippen LogP contribution in [-0.4, -0.2) is 24.3 Å². The maximum Gasteiger partial charge on any atom is 0.305 e. The van der Waals surface area contributed by atoms with E-state index in [1.54, 1.807) is 0 Å². The summed E-state index contributed by atoms with van der Waals surface area (Å²) in [6, 6.07) is 0. The summed E-state index contributed by atoms with van der Waals surface area (Å²) in [4.78, 5) is 11.5. The summed E-state index contributed by atoms with van der Waals surface area (Å²) in [6.45, 7) is 5.09. The summed E-state index contributed by atoms with van der Waals surface area (Å²) in [5.41, 5.74) is 0.850. The predicted molar refractivity (Wildman–Crippen MR) is 107 cm³/mol. The third kappa shape index (κ3) is 3.16. The zero-order chi connectivity index (χ0) is 19.2. The highest BCUT2D eigenvalue weighted by Gasteiger charge is 2.61. The van der Waals surface area contributed by atoms with E-state index in [0.29, 0.717) is 29.1 Å². The Labute approximate surface area is 165 Å². The van der Waals surface area contributed by atoms with Crippen LogP contribution in [0.25, 0.3) is 0 Å². The summed E-state index contributed by atoms with van der Waals surface area (Å²) in [5, 5.41) is 11.2. The first-order valence-electron chi connectivity index (χ1n) is 11.6. The van der Waals surface area contributed by atoms with Crippen LogP contribution in [0, 0.1) is 40.4 Å². The van der Waals surface area contributed by atoms with E-state index in [-0.39, 0.29) is 12.1 Å². The zero-order valence-electron chi connectivity index (χ0n) is 17.7. The molecule has 4 aliphatic rings. The number of hydrogen-bond donors (Lipinski definition) is 1. The topological polar surface area (TPSA) is 46.5 Å². The number of carbonyl (C=O) groups excluding carboxylic acids is 1. The smallest absolute Gasteiger partial charge is 0.305 e. The van der Waals surface area contributed by atoms with Gasteiger partial charge in [-0.15, -0.1) is 0 Å². The summed E-state index contributed by atoms with van der Waals surface area (Å²) in [5.74, 6) is 3.35. The number of rotatable bonds is 4. The Morgan fingerprint density at radius 1 is 1.04 bits per heavy atom. The van der Waals surface area contributed by atoms with Crippen LogP contribution in [0.15, 0.2) is 0 Å². The molecule has 4 saturated carbocycles. The first-order chi connectivity index (χ1) is 12.9. The number of carbonyl (C=O) groups is 1. The summed E-state index contributed by atoms with van der Waals surface area (Å²) < 4.78 is 4.82. The summed E-state index contributed by atoms with van der Waals surface area (Å²) >= 11 is 0. The molecule has 0 aliphatic heterocycles. The van der Waals surface area contributed by atoms with Gasteiger partial charge in [-0.2, -0.15) is 0 Å². The van der Waals surface area contributed by atoms with Gasteiger partial charge in [0.2, 0.25) is 0 Å². The Kier molecular flexibility index (Phi) is 5.37. The minimum Gasteiger partial charge on any atom is -0.469 e. The van der Waals surface area contributed by atoms with Crippen molar-refractivity contribution in [3.63, 3.8) is 0 Å². The first kappa shape index (κ1) is 19.7. The Morgan fingerprint density at radius 3 is 2.59 bits per heavy atom. The number of hydrogen-bond acceptors (Lipinski definition) is 3. The van der Waals surface area contributed by atoms with Gasteiger partial charge in [0.1, 0.15) is 0 Å². The fourth-order valence-electron chi connectivity index (χ4n) is 8.43. The fourth-order valence-corrected chi connectivity index (χ4v) is 8.43. The van der Waals surface area contributed by atoms with Crippen molar-refractivity contribution in [1.82, 2.24) is 0 Å². The minimum atomic E-state index is -0.0791. The number of methoxy groups -OCH3 is 1. The van der Waals surface area contributed by atoms with Crippen molar-refractivity contribution in [3.05, 3.63) is 0 Å². The highest BCUT2D eigenvalue weighted by molar-refractivity contribution is 5.68.